The topological polar surface area (TPSA) is 29.1 Å². The van der Waals surface area contributed by atoms with Crippen molar-refractivity contribution in [3.05, 3.63) is 0 Å². The molecule has 1 atom stereocenters. The minimum absolute atomic E-state index is 1.15. The van der Waals surface area contributed by atoms with E-state index in [9.17, 15) is 18.0 Å². The summed E-state index contributed by atoms with van der Waals surface area (Å²) in [5, 5.41) is 2.20. The molecule has 5 heteroatoms. The zero-order valence-corrected chi connectivity index (χ0v) is 5.62. The highest BCUT2D eigenvalue weighted by Crippen LogP contribution is 2.17. The van der Waals surface area contributed by atoms with E-state index < -0.39 is 18.0 Å². The summed E-state index contributed by atoms with van der Waals surface area (Å²) in [5.41, 5.74) is 0. The maximum atomic E-state index is 11.5. The lowest BCUT2D eigenvalue weighted by atomic mass is 10.2. The summed E-state index contributed by atoms with van der Waals surface area (Å²) < 4.78 is 34.5. The van der Waals surface area contributed by atoms with Crippen LogP contribution in [0.25, 0.3) is 0 Å². The molecular formula is C5H8F3NO. The first kappa shape index (κ1) is 9.42. The third-order valence-electron chi connectivity index (χ3n) is 1.11. The highest BCUT2D eigenvalue weighted by atomic mass is 19.4. The smallest absolute Gasteiger partial charge is 0.310 e. The van der Waals surface area contributed by atoms with Crippen molar-refractivity contribution >= 4 is 5.78 Å². The first-order chi connectivity index (χ1) is 4.39. The van der Waals surface area contributed by atoms with Crippen molar-refractivity contribution in [3.8, 4) is 0 Å². The van der Waals surface area contributed by atoms with E-state index in [4.69, 9.17) is 0 Å². The predicted octanol–water partition coefficient (Wildman–Crippen LogP) is 0.726. The molecule has 0 heterocycles. The van der Waals surface area contributed by atoms with E-state index >= 15 is 0 Å². The zero-order chi connectivity index (χ0) is 8.36. The fraction of sp³-hybridized carbons (Fsp3) is 0.800. The van der Waals surface area contributed by atoms with Gasteiger partial charge in [0.05, 0.1) is 6.04 Å². The Balaban J connectivity index is 4.09. The molecule has 0 aliphatic heterocycles. The highest BCUT2D eigenvalue weighted by molar-refractivity contribution is 5.88. The molecule has 60 valence electrons. The van der Waals surface area contributed by atoms with Crippen LogP contribution in [0.3, 0.4) is 0 Å². The second-order valence-electron chi connectivity index (χ2n) is 1.87. The summed E-state index contributed by atoms with van der Waals surface area (Å²) in [6.07, 6.45) is -4.72. The van der Waals surface area contributed by atoms with E-state index in [1.165, 1.54) is 7.05 Å². The summed E-state index contributed by atoms with van der Waals surface area (Å²) in [7, 11) is 1.30. The number of alkyl halides is 3. The van der Waals surface area contributed by atoms with Crippen LogP contribution in [0.2, 0.25) is 0 Å². The Labute approximate surface area is 56.4 Å². The monoisotopic (exact) mass is 155 g/mol. The summed E-state index contributed by atoms with van der Waals surface area (Å²) in [6.45, 7) is 1.16. The SMILES string of the molecule is CNC(C)C(=O)C(F)(F)F. The van der Waals surface area contributed by atoms with Crippen molar-refractivity contribution in [2.45, 2.75) is 19.1 Å². The van der Waals surface area contributed by atoms with Crippen LogP contribution in [0.4, 0.5) is 13.2 Å². The largest absolute Gasteiger partial charge is 0.451 e. The molecule has 0 saturated heterocycles. The molecule has 0 amide bonds. The molecule has 0 aromatic rings. The van der Waals surface area contributed by atoms with Gasteiger partial charge in [-0.3, -0.25) is 4.79 Å². The van der Waals surface area contributed by atoms with E-state index in [-0.39, 0.29) is 0 Å². The first-order valence-corrected chi connectivity index (χ1v) is 2.68. The van der Waals surface area contributed by atoms with E-state index in [0.29, 0.717) is 0 Å². The normalized spacial score (nSPS) is 14.9. The van der Waals surface area contributed by atoms with Gasteiger partial charge in [0.2, 0.25) is 0 Å². The second-order valence-corrected chi connectivity index (χ2v) is 1.87. The van der Waals surface area contributed by atoms with Crippen LogP contribution in [-0.2, 0) is 4.79 Å². The lowest BCUT2D eigenvalue weighted by Gasteiger charge is -2.10. The molecule has 0 saturated carbocycles. The lowest BCUT2D eigenvalue weighted by Crippen LogP contribution is -2.40. The van der Waals surface area contributed by atoms with Gasteiger partial charge in [-0.2, -0.15) is 13.2 Å². The Morgan fingerprint density at radius 2 is 1.90 bits per heavy atom. The maximum absolute atomic E-state index is 11.5. The minimum atomic E-state index is -4.72. The average molecular weight is 155 g/mol. The van der Waals surface area contributed by atoms with Gasteiger partial charge < -0.3 is 5.32 Å². The first-order valence-electron chi connectivity index (χ1n) is 2.68. The molecule has 0 aromatic carbocycles. The maximum Gasteiger partial charge on any atom is 0.451 e. The van der Waals surface area contributed by atoms with Crippen LogP contribution in [-0.4, -0.2) is 25.0 Å². The Morgan fingerprint density at radius 3 is 2.00 bits per heavy atom. The van der Waals surface area contributed by atoms with Crippen LogP contribution in [0, 0.1) is 0 Å². The van der Waals surface area contributed by atoms with Crippen molar-refractivity contribution in [1.29, 1.82) is 0 Å². The number of halogens is 3. The summed E-state index contributed by atoms with van der Waals surface area (Å²) in [4.78, 5) is 10.2. The molecule has 0 bridgehead atoms. The van der Waals surface area contributed by atoms with Crippen LogP contribution in [0.5, 0.6) is 0 Å². The Hall–Kier alpha value is -0.580. The zero-order valence-electron chi connectivity index (χ0n) is 5.62. The number of nitrogens with one attached hydrogen (secondary N) is 1. The second kappa shape index (κ2) is 3.01. The molecule has 0 radical (unpaired) electrons. The van der Waals surface area contributed by atoms with Gasteiger partial charge in [-0.15, -0.1) is 0 Å². The molecule has 10 heavy (non-hydrogen) atoms. The molecule has 0 rings (SSSR count). The molecule has 0 spiro atoms. The number of hydrogen-bond donors (Lipinski definition) is 1. The quantitative estimate of drug-likeness (QED) is 0.636. The Morgan fingerprint density at radius 1 is 1.50 bits per heavy atom. The lowest BCUT2D eigenvalue weighted by molar-refractivity contribution is -0.172. The van der Waals surface area contributed by atoms with Gasteiger partial charge in [0, 0.05) is 0 Å². The van der Waals surface area contributed by atoms with Crippen LogP contribution < -0.4 is 5.32 Å². The summed E-state index contributed by atoms with van der Waals surface area (Å²) >= 11 is 0. The number of Topliss-reactive ketones (excluding diaryl/α,β-unsaturated/α-hetero) is 1. The Bertz CT molecular complexity index is 131. The number of rotatable bonds is 2. The van der Waals surface area contributed by atoms with Gasteiger partial charge in [-0.05, 0) is 14.0 Å². The number of carbonyl (C=O) groups is 1. The van der Waals surface area contributed by atoms with E-state index in [1.807, 2.05) is 0 Å². The average Bonchev–Trinajstić information content (AvgIpc) is 1.83. The number of likely N-dealkylation sites (N-methyl/N-ethyl adjacent to an activating group) is 1. The molecular weight excluding hydrogens is 147 g/mol. The van der Waals surface area contributed by atoms with Crippen molar-refractivity contribution in [3.63, 3.8) is 0 Å². The van der Waals surface area contributed by atoms with Gasteiger partial charge in [-0.1, -0.05) is 0 Å². The van der Waals surface area contributed by atoms with E-state index in [1.54, 1.807) is 0 Å². The van der Waals surface area contributed by atoms with Crippen LogP contribution >= 0.6 is 0 Å². The molecule has 0 fully saturated rings. The van der Waals surface area contributed by atoms with Gasteiger partial charge in [-0.25, -0.2) is 0 Å². The standard InChI is InChI=1S/C5H8F3NO/c1-3(9-2)4(10)5(6,7)8/h3,9H,1-2H3. The molecule has 0 aliphatic rings. The molecule has 1 unspecified atom stereocenters. The van der Waals surface area contributed by atoms with Gasteiger partial charge >= 0.3 is 6.18 Å². The molecule has 1 N–H and O–H groups in total. The fourth-order valence-electron chi connectivity index (χ4n) is 0.377. The summed E-state index contributed by atoms with van der Waals surface area (Å²) in [6, 6.07) is -1.15. The minimum Gasteiger partial charge on any atom is -0.310 e. The summed E-state index contributed by atoms with van der Waals surface area (Å²) in [5.74, 6) is -1.74. The third kappa shape index (κ3) is 2.34. The molecule has 0 aromatic heterocycles. The fourth-order valence-corrected chi connectivity index (χ4v) is 0.377. The van der Waals surface area contributed by atoms with Gasteiger partial charge in [0.15, 0.2) is 0 Å². The predicted molar refractivity (Wildman–Crippen MR) is 29.6 cm³/mol. The van der Waals surface area contributed by atoms with E-state index in [0.717, 1.165) is 6.92 Å². The Kier molecular flexibility index (Phi) is 2.83. The van der Waals surface area contributed by atoms with Crippen molar-refractivity contribution in [2.24, 2.45) is 0 Å². The van der Waals surface area contributed by atoms with E-state index in [2.05, 4.69) is 5.32 Å². The van der Waals surface area contributed by atoms with Crippen molar-refractivity contribution in [1.82, 2.24) is 5.32 Å². The van der Waals surface area contributed by atoms with Gasteiger partial charge in [0.25, 0.3) is 5.78 Å². The van der Waals surface area contributed by atoms with Crippen molar-refractivity contribution < 1.29 is 18.0 Å². The van der Waals surface area contributed by atoms with Gasteiger partial charge in [0.1, 0.15) is 0 Å². The number of hydrogen-bond acceptors (Lipinski definition) is 2. The van der Waals surface area contributed by atoms with Crippen LogP contribution in [0.15, 0.2) is 0 Å². The van der Waals surface area contributed by atoms with Crippen LogP contribution in [0.1, 0.15) is 6.92 Å². The number of ketones is 1. The van der Waals surface area contributed by atoms with Crippen molar-refractivity contribution in [2.75, 3.05) is 7.05 Å². The number of carbonyl (C=O) groups excluding carboxylic acids is 1. The third-order valence-corrected chi connectivity index (χ3v) is 1.11. The molecule has 2 nitrogen and oxygen atoms in total. The molecule has 0 aliphatic carbocycles. The highest BCUT2D eigenvalue weighted by Gasteiger charge is 2.40.